The number of thiazole rings is 1. The van der Waals surface area contributed by atoms with Gasteiger partial charge in [-0.1, -0.05) is 65.6 Å². The summed E-state index contributed by atoms with van der Waals surface area (Å²) in [7, 11) is 0. The van der Waals surface area contributed by atoms with E-state index in [1.165, 1.54) is 28.1 Å². The number of hydrogen-bond donors (Lipinski definition) is 1. The number of furan rings is 1. The lowest BCUT2D eigenvalue weighted by Crippen LogP contribution is -2.33. The van der Waals surface area contributed by atoms with Gasteiger partial charge in [0.1, 0.15) is 11.5 Å². The van der Waals surface area contributed by atoms with E-state index < -0.39 is 0 Å². The highest BCUT2D eigenvalue weighted by molar-refractivity contribution is 8.26. The molecule has 1 amide bonds. The highest BCUT2D eigenvalue weighted by Crippen LogP contribution is 2.35. The third-order valence-corrected chi connectivity index (χ3v) is 6.50. The molecule has 3 heterocycles. The molecule has 0 atom stereocenters. The van der Waals surface area contributed by atoms with Gasteiger partial charge in [0.05, 0.1) is 15.1 Å². The molecule has 2 aromatic heterocycles. The van der Waals surface area contributed by atoms with Gasteiger partial charge in [-0.3, -0.25) is 10.2 Å². The molecule has 29 heavy (non-hydrogen) atoms. The van der Waals surface area contributed by atoms with E-state index >= 15 is 0 Å². The molecular formula is C21H13N3O2S3. The van der Waals surface area contributed by atoms with Crippen LogP contribution in [0.5, 0.6) is 0 Å². The maximum atomic E-state index is 12.8. The first-order chi connectivity index (χ1) is 14.2. The Balaban J connectivity index is 1.37. The van der Waals surface area contributed by atoms with Crippen molar-refractivity contribution in [2.24, 2.45) is 0 Å². The molecule has 4 aromatic rings. The summed E-state index contributed by atoms with van der Waals surface area (Å²) in [5.41, 5.74) is 4.90. The summed E-state index contributed by atoms with van der Waals surface area (Å²) in [6.07, 6.45) is 1.71. The van der Waals surface area contributed by atoms with E-state index in [1.54, 1.807) is 6.08 Å². The number of nitrogens with zero attached hydrogens (tertiary/aromatic N) is 2. The Morgan fingerprint density at radius 2 is 1.83 bits per heavy atom. The van der Waals surface area contributed by atoms with Crippen LogP contribution >= 0.6 is 35.3 Å². The van der Waals surface area contributed by atoms with Gasteiger partial charge in [-0.05, 0) is 36.5 Å². The van der Waals surface area contributed by atoms with Crippen LogP contribution in [0.15, 0.2) is 76.1 Å². The van der Waals surface area contributed by atoms with E-state index in [2.05, 4.69) is 10.4 Å². The molecule has 1 saturated heterocycles. The number of nitrogens with one attached hydrogen (secondary N) is 1. The summed E-state index contributed by atoms with van der Waals surface area (Å²) in [5, 5.41) is 1.97. The number of carbonyl (C=O) groups excluding carboxylic acids is 1. The monoisotopic (exact) mass is 435 g/mol. The third kappa shape index (κ3) is 3.57. The number of benzene rings is 2. The van der Waals surface area contributed by atoms with E-state index in [0.717, 1.165) is 21.5 Å². The maximum Gasteiger partial charge on any atom is 0.285 e. The number of hydrazine groups is 1. The summed E-state index contributed by atoms with van der Waals surface area (Å²) in [6.45, 7) is 0. The van der Waals surface area contributed by atoms with Gasteiger partial charge >= 0.3 is 0 Å². The number of hydrogen-bond acceptors (Lipinski definition) is 7. The second kappa shape index (κ2) is 7.47. The lowest BCUT2D eigenvalue weighted by molar-refractivity contribution is -0.121. The Hall–Kier alpha value is -2.94. The fourth-order valence-corrected chi connectivity index (χ4v) is 4.91. The van der Waals surface area contributed by atoms with Crippen molar-refractivity contribution < 1.29 is 9.21 Å². The number of fused-ring (bicyclic) bond motifs is 1. The minimum atomic E-state index is -0.225. The van der Waals surface area contributed by atoms with Gasteiger partial charge in [0.15, 0.2) is 4.32 Å². The van der Waals surface area contributed by atoms with Crippen molar-refractivity contribution in [2.75, 3.05) is 5.43 Å². The van der Waals surface area contributed by atoms with Crippen molar-refractivity contribution in [2.45, 2.75) is 0 Å². The van der Waals surface area contributed by atoms with Crippen LogP contribution in [-0.2, 0) is 4.79 Å². The lowest BCUT2D eigenvalue weighted by Gasteiger charge is -2.14. The number of amides is 1. The number of rotatable bonds is 4. The van der Waals surface area contributed by atoms with Crippen molar-refractivity contribution >= 4 is 67.0 Å². The van der Waals surface area contributed by atoms with Crippen molar-refractivity contribution in [1.29, 1.82) is 0 Å². The molecule has 8 heteroatoms. The number of carbonyl (C=O) groups is 1. The molecule has 142 valence electrons. The highest BCUT2D eigenvalue weighted by atomic mass is 32.2. The molecule has 5 rings (SSSR count). The average molecular weight is 436 g/mol. The van der Waals surface area contributed by atoms with Crippen molar-refractivity contribution in [3.8, 4) is 11.3 Å². The standard InChI is InChI=1S/C21H13N3O2S3/c25-19-18(12-14-10-11-16(26-14)13-6-2-1-3-7-13)29-21(27)24(19)23-20-22-15-8-4-5-9-17(15)28-20/h1-12H,(H,22,23)/b18-12-. The van der Waals surface area contributed by atoms with E-state index in [0.29, 0.717) is 20.1 Å². The number of aromatic nitrogens is 1. The summed E-state index contributed by atoms with van der Waals surface area (Å²) in [4.78, 5) is 17.8. The normalized spacial score (nSPS) is 15.6. The van der Waals surface area contributed by atoms with Crippen LogP contribution in [0.4, 0.5) is 5.13 Å². The Bertz CT molecular complexity index is 1230. The van der Waals surface area contributed by atoms with Crippen LogP contribution in [0.2, 0.25) is 0 Å². The smallest absolute Gasteiger partial charge is 0.285 e. The third-order valence-electron chi connectivity index (χ3n) is 4.25. The first-order valence-electron chi connectivity index (χ1n) is 8.73. The molecule has 5 nitrogen and oxygen atoms in total. The molecule has 2 aromatic carbocycles. The number of anilines is 1. The zero-order valence-corrected chi connectivity index (χ0v) is 17.3. The number of thioether (sulfide) groups is 1. The molecule has 1 aliphatic heterocycles. The van der Waals surface area contributed by atoms with Crippen molar-refractivity contribution in [3.05, 3.63) is 77.4 Å². The molecule has 0 bridgehead atoms. The van der Waals surface area contributed by atoms with E-state index in [9.17, 15) is 4.79 Å². The molecule has 1 fully saturated rings. The molecule has 0 aliphatic carbocycles. The van der Waals surface area contributed by atoms with E-state index in [4.69, 9.17) is 16.6 Å². The second-order valence-electron chi connectivity index (χ2n) is 6.18. The number of para-hydroxylation sites is 1. The first kappa shape index (κ1) is 18.1. The van der Waals surface area contributed by atoms with Gasteiger partial charge < -0.3 is 4.42 Å². The van der Waals surface area contributed by atoms with Gasteiger partial charge in [0.25, 0.3) is 5.91 Å². The van der Waals surface area contributed by atoms with Crippen LogP contribution in [0.25, 0.3) is 27.6 Å². The second-order valence-corrected chi connectivity index (χ2v) is 8.89. The van der Waals surface area contributed by atoms with Crippen LogP contribution in [0.1, 0.15) is 5.76 Å². The average Bonchev–Trinajstić information content (AvgIpc) is 3.43. The Morgan fingerprint density at radius 3 is 2.66 bits per heavy atom. The van der Waals surface area contributed by atoms with Crippen LogP contribution in [0.3, 0.4) is 0 Å². The molecule has 0 saturated carbocycles. The predicted molar refractivity (Wildman–Crippen MR) is 122 cm³/mol. The highest BCUT2D eigenvalue weighted by Gasteiger charge is 2.33. The molecular weight excluding hydrogens is 422 g/mol. The first-order valence-corrected chi connectivity index (χ1v) is 10.8. The fourth-order valence-electron chi connectivity index (χ4n) is 2.90. The largest absolute Gasteiger partial charge is 0.457 e. The molecule has 0 radical (unpaired) electrons. The summed E-state index contributed by atoms with van der Waals surface area (Å²) < 4.78 is 7.34. The summed E-state index contributed by atoms with van der Waals surface area (Å²) in [5.74, 6) is 1.13. The van der Waals surface area contributed by atoms with E-state index in [1.807, 2.05) is 66.7 Å². The van der Waals surface area contributed by atoms with E-state index in [-0.39, 0.29) is 5.91 Å². The summed E-state index contributed by atoms with van der Waals surface area (Å²) >= 11 is 8.09. The van der Waals surface area contributed by atoms with Crippen LogP contribution in [-0.4, -0.2) is 20.2 Å². The van der Waals surface area contributed by atoms with Gasteiger partial charge in [0, 0.05) is 11.6 Å². The molecule has 0 spiro atoms. The minimum Gasteiger partial charge on any atom is -0.457 e. The number of thiocarbonyl (C=S) groups is 1. The maximum absolute atomic E-state index is 12.8. The van der Waals surface area contributed by atoms with Gasteiger partial charge in [0.2, 0.25) is 5.13 Å². The molecule has 0 unspecified atom stereocenters. The molecule has 1 aliphatic rings. The Morgan fingerprint density at radius 1 is 1.03 bits per heavy atom. The Labute approximate surface area is 180 Å². The lowest BCUT2D eigenvalue weighted by atomic mass is 10.2. The SMILES string of the molecule is O=C1/C(=C/c2ccc(-c3ccccc3)o2)SC(=S)N1Nc1nc2ccccc2s1. The predicted octanol–water partition coefficient (Wildman–Crippen LogP) is 5.78. The topological polar surface area (TPSA) is 58.4 Å². The minimum absolute atomic E-state index is 0.225. The zero-order chi connectivity index (χ0) is 19.8. The van der Waals surface area contributed by atoms with Gasteiger partial charge in [-0.2, -0.15) is 5.01 Å². The van der Waals surface area contributed by atoms with Crippen molar-refractivity contribution in [1.82, 2.24) is 9.99 Å². The van der Waals surface area contributed by atoms with Crippen LogP contribution in [0, 0.1) is 0 Å². The fraction of sp³-hybridized carbons (Fsp3) is 0. The van der Waals surface area contributed by atoms with Gasteiger partial charge in [-0.15, -0.1) is 0 Å². The van der Waals surface area contributed by atoms with Gasteiger partial charge in [-0.25, -0.2) is 4.98 Å². The zero-order valence-electron chi connectivity index (χ0n) is 14.9. The van der Waals surface area contributed by atoms with Crippen LogP contribution < -0.4 is 5.43 Å². The van der Waals surface area contributed by atoms with Crippen molar-refractivity contribution in [3.63, 3.8) is 0 Å². The molecule has 1 N–H and O–H groups in total. The summed E-state index contributed by atoms with van der Waals surface area (Å²) in [6, 6.07) is 21.4. The Kier molecular flexibility index (Phi) is 4.67. The quantitative estimate of drug-likeness (QED) is 0.324.